The van der Waals surface area contributed by atoms with E-state index < -0.39 is 35.2 Å². The van der Waals surface area contributed by atoms with E-state index in [9.17, 15) is 19.5 Å². The minimum absolute atomic E-state index is 0.0864. The maximum atomic E-state index is 14.8. The summed E-state index contributed by atoms with van der Waals surface area (Å²) >= 11 is 0. The normalized spacial score (nSPS) is 13.0. The van der Waals surface area contributed by atoms with E-state index in [1.54, 1.807) is 37.8 Å². The quantitative estimate of drug-likeness (QED) is 0.187. The maximum Gasteiger partial charge on any atom is 0.408 e. The fraction of sp³-hybridized carbons (Fsp3) is 0.342. The van der Waals surface area contributed by atoms with Gasteiger partial charge in [0.1, 0.15) is 23.4 Å². The molecule has 2 unspecified atom stereocenters. The fourth-order valence-electron chi connectivity index (χ4n) is 5.54. The van der Waals surface area contributed by atoms with E-state index in [1.165, 1.54) is 12.1 Å². The van der Waals surface area contributed by atoms with Crippen molar-refractivity contribution in [1.82, 2.24) is 10.2 Å². The summed E-state index contributed by atoms with van der Waals surface area (Å²) in [5.74, 6) is -0.750. The first-order valence-electron chi connectivity index (χ1n) is 15.5. The second-order valence-electron chi connectivity index (χ2n) is 13.8. The van der Waals surface area contributed by atoms with Gasteiger partial charge in [-0.25, -0.2) is 4.79 Å². The molecule has 3 N–H and O–H groups in total. The molecule has 4 aromatic rings. The summed E-state index contributed by atoms with van der Waals surface area (Å²) in [5, 5.41) is 17.7. The van der Waals surface area contributed by atoms with Gasteiger partial charge in [0.05, 0.1) is 0 Å². The van der Waals surface area contributed by atoms with Gasteiger partial charge >= 0.3 is 6.09 Å². The Kier molecular flexibility index (Phi) is 10.1. The smallest absolute Gasteiger partial charge is 0.408 e. The zero-order valence-corrected chi connectivity index (χ0v) is 28.0. The number of aryl methyl sites for hydroxylation is 2. The molecule has 0 aliphatic rings. The van der Waals surface area contributed by atoms with E-state index in [4.69, 9.17) is 4.74 Å². The van der Waals surface area contributed by atoms with Crippen LogP contribution in [0.25, 0.3) is 10.8 Å². The van der Waals surface area contributed by atoms with Crippen LogP contribution in [0.5, 0.6) is 5.75 Å². The Hall–Kier alpha value is -4.85. The zero-order valence-electron chi connectivity index (χ0n) is 28.0. The van der Waals surface area contributed by atoms with Crippen LogP contribution in [-0.2, 0) is 20.7 Å². The number of rotatable bonds is 8. The number of hydrogen-bond acceptors (Lipinski definition) is 5. The number of nitrogens with zero attached hydrogens (tertiary/aromatic N) is 1. The van der Waals surface area contributed by atoms with E-state index >= 15 is 0 Å². The second kappa shape index (κ2) is 13.6. The summed E-state index contributed by atoms with van der Waals surface area (Å²) in [6.45, 7) is 14.8. The Labute approximate surface area is 271 Å². The highest BCUT2D eigenvalue weighted by molar-refractivity contribution is 6.01. The van der Waals surface area contributed by atoms with Crippen molar-refractivity contribution in [1.29, 1.82) is 0 Å². The summed E-state index contributed by atoms with van der Waals surface area (Å²) in [4.78, 5) is 43.9. The van der Waals surface area contributed by atoms with Crippen molar-refractivity contribution in [3.63, 3.8) is 0 Å². The number of nitrogens with one attached hydrogen (secondary N) is 2. The van der Waals surface area contributed by atoms with Gasteiger partial charge in [-0.1, -0.05) is 66.2 Å². The van der Waals surface area contributed by atoms with Crippen LogP contribution in [0.3, 0.4) is 0 Å². The number of hydrogen-bond donors (Lipinski definition) is 3. The van der Waals surface area contributed by atoms with Gasteiger partial charge in [-0.05, 0) is 107 Å². The summed E-state index contributed by atoms with van der Waals surface area (Å²) in [6, 6.07) is 23.7. The minimum atomic E-state index is -1.08. The van der Waals surface area contributed by atoms with E-state index in [0.717, 1.165) is 21.9 Å². The molecule has 0 aliphatic heterocycles. The third-order valence-electron chi connectivity index (χ3n) is 7.57. The number of phenolic OH excluding ortho intramolecular Hbond substituents is 1. The molecule has 242 valence electrons. The summed E-state index contributed by atoms with van der Waals surface area (Å²) < 4.78 is 5.54. The van der Waals surface area contributed by atoms with Crippen molar-refractivity contribution in [2.45, 2.75) is 85.0 Å². The molecule has 0 saturated heterocycles. The summed E-state index contributed by atoms with van der Waals surface area (Å²) in [5.41, 5.74) is 2.23. The zero-order chi connectivity index (χ0) is 33.8. The van der Waals surface area contributed by atoms with E-state index in [0.29, 0.717) is 16.8 Å². The first kappa shape index (κ1) is 34.0. The van der Waals surface area contributed by atoms with Gasteiger partial charge in [0.2, 0.25) is 5.91 Å². The average molecular weight is 624 g/mol. The molecule has 0 aliphatic carbocycles. The van der Waals surface area contributed by atoms with Crippen molar-refractivity contribution >= 4 is 34.4 Å². The van der Waals surface area contributed by atoms with Gasteiger partial charge < -0.3 is 25.4 Å². The highest BCUT2D eigenvalue weighted by Gasteiger charge is 2.42. The highest BCUT2D eigenvalue weighted by Crippen LogP contribution is 2.34. The molecule has 0 fully saturated rings. The molecular formula is C38H45N3O5. The minimum Gasteiger partial charge on any atom is -0.508 e. The van der Waals surface area contributed by atoms with Crippen LogP contribution in [0.4, 0.5) is 10.5 Å². The molecule has 4 aromatic carbocycles. The van der Waals surface area contributed by atoms with E-state index in [2.05, 4.69) is 10.6 Å². The first-order chi connectivity index (χ1) is 21.5. The molecule has 2 atom stereocenters. The third-order valence-corrected chi connectivity index (χ3v) is 7.57. The van der Waals surface area contributed by atoms with Gasteiger partial charge in [-0.2, -0.15) is 0 Å². The van der Waals surface area contributed by atoms with Gasteiger partial charge in [-0.3, -0.25) is 9.59 Å². The van der Waals surface area contributed by atoms with Crippen LogP contribution < -0.4 is 10.6 Å². The number of aromatic hydroxyl groups is 1. The molecule has 0 radical (unpaired) electrons. The number of anilines is 1. The van der Waals surface area contributed by atoms with Crippen molar-refractivity contribution in [3.8, 4) is 5.75 Å². The molecule has 3 amide bonds. The molecule has 0 saturated carbocycles. The maximum absolute atomic E-state index is 14.8. The number of benzene rings is 4. The molecule has 4 rings (SSSR count). The number of carbonyl (C=O) groups is 3. The molecule has 8 heteroatoms. The monoisotopic (exact) mass is 623 g/mol. The number of ether oxygens (including phenoxy) is 1. The van der Waals surface area contributed by atoms with Crippen LogP contribution in [0.1, 0.15) is 69.8 Å². The first-order valence-corrected chi connectivity index (χ1v) is 15.5. The van der Waals surface area contributed by atoms with Crippen LogP contribution in [0.15, 0.2) is 84.9 Å². The predicted molar refractivity (Wildman–Crippen MR) is 183 cm³/mol. The second-order valence-corrected chi connectivity index (χ2v) is 13.8. The van der Waals surface area contributed by atoms with Crippen molar-refractivity contribution in [2.75, 3.05) is 5.32 Å². The lowest BCUT2D eigenvalue weighted by Gasteiger charge is -2.43. The standard InChI is InChI=1S/C38H45N3O5/c1-24-13-20-31(25(2)21-24)33(34(43)39-29-17-16-27-11-9-10-12-28(27)23-29)41(37(3,4)5)35(44)32(40-36(45)46-38(6,7)8)22-26-14-18-30(42)19-15-26/h9-21,23,32-33,42H,22H2,1-8H3,(H,39,43)(H,40,45). The van der Waals surface area contributed by atoms with Crippen molar-refractivity contribution < 1.29 is 24.2 Å². The number of fused-ring (bicyclic) bond motifs is 1. The van der Waals surface area contributed by atoms with Crippen molar-refractivity contribution in [2.24, 2.45) is 0 Å². The lowest BCUT2D eigenvalue weighted by molar-refractivity contribution is -0.146. The summed E-state index contributed by atoms with van der Waals surface area (Å²) in [6.07, 6.45) is -0.640. The molecule has 0 heterocycles. The number of alkyl carbamates (subject to hydrolysis) is 1. The third kappa shape index (κ3) is 8.65. The molecule has 0 aromatic heterocycles. The Balaban J connectivity index is 1.80. The van der Waals surface area contributed by atoms with Crippen LogP contribution in [0, 0.1) is 13.8 Å². The van der Waals surface area contributed by atoms with Crippen LogP contribution in [0.2, 0.25) is 0 Å². The summed E-state index contributed by atoms with van der Waals surface area (Å²) in [7, 11) is 0. The molecular weight excluding hydrogens is 578 g/mol. The van der Waals surface area contributed by atoms with Gasteiger partial charge in [0.15, 0.2) is 0 Å². The fourth-order valence-corrected chi connectivity index (χ4v) is 5.54. The molecule has 0 bridgehead atoms. The molecule has 46 heavy (non-hydrogen) atoms. The highest BCUT2D eigenvalue weighted by atomic mass is 16.6. The number of amides is 3. The van der Waals surface area contributed by atoms with E-state index in [1.807, 2.05) is 95.3 Å². The predicted octanol–water partition coefficient (Wildman–Crippen LogP) is 7.61. The van der Waals surface area contributed by atoms with E-state index in [-0.39, 0.29) is 18.1 Å². The lowest BCUT2D eigenvalue weighted by atomic mass is 9.91. The Morgan fingerprint density at radius 1 is 0.826 bits per heavy atom. The average Bonchev–Trinajstić information content (AvgIpc) is 2.95. The van der Waals surface area contributed by atoms with Crippen molar-refractivity contribution in [3.05, 3.63) is 107 Å². The van der Waals surface area contributed by atoms with Crippen LogP contribution in [-0.4, -0.2) is 45.1 Å². The largest absolute Gasteiger partial charge is 0.508 e. The van der Waals surface area contributed by atoms with Gasteiger partial charge in [0.25, 0.3) is 5.91 Å². The topological polar surface area (TPSA) is 108 Å². The molecule has 0 spiro atoms. The van der Waals surface area contributed by atoms with Gasteiger partial charge in [0, 0.05) is 17.6 Å². The van der Waals surface area contributed by atoms with Gasteiger partial charge in [-0.15, -0.1) is 0 Å². The Morgan fingerprint density at radius 2 is 1.48 bits per heavy atom. The molecule has 8 nitrogen and oxygen atoms in total. The van der Waals surface area contributed by atoms with Crippen LogP contribution >= 0.6 is 0 Å². The Morgan fingerprint density at radius 3 is 2.09 bits per heavy atom. The number of phenols is 1. The lowest BCUT2D eigenvalue weighted by Crippen LogP contribution is -2.58. The number of carbonyl (C=O) groups excluding carboxylic acids is 3. The SMILES string of the molecule is Cc1ccc(C(C(=O)Nc2ccc3ccccc3c2)N(C(=O)C(Cc2ccc(O)cc2)NC(=O)OC(C)(C)C)C(C)(C)C)c(C)c1. The Bertz CT molecular complexity index is 1720.